The average molecular weight is 357 g/mol. The van der Waals surface area contributed by atoms with Crippen LogP contribution in [-0.2, 0) is 12.0 Å². The van der Waals surface area contributed by atoms with E-state index < -0.39 is 5.60 Å². The zero-order valence-corrected chi connectivity index (χ0v) is 16.0. The van der Waals surface area contributed by atoms with Crippen LogP contribution in [0.5, 0.6) is 0 Å². The maximum atomic E-state index is 12.3. The van der Waals surface area contributed by atoms with Crippen LogP contribution in [0.4, 0.5) is 0 Å². The first-order chi connectivity index (χ1) is 13.1. The van der Waals surface area contributed by atoms with E-state index in [0.717, 1.165) is 24.0 Å². The average Bonchev–Trinajstić information content (AvgIpc) is 2.71. The minimum absolute atomic E-state index is 0.0622. The van der Waals surface area contributed by atoms with E-state index in [-0.39, 0.29) is 12.0 Å². The fourth-order valence-electron chi connectivity index (χ4n) is 4.82. The van der Waals surface area contributed by atoms with Crippen LogP contribution in [-0.4, -0.2) is 24.1 Å². The van der Waals surface area contributed by atoms with Crippen LogP contribution in [0.3, 0.4) is 0 Å². The number of benzene rings is 3. The van der Waals surface area contributed by atoms with E-state index in [0.29, 0.717) is 0 Å². The minimum atomic E-state index is -1.01. The summed E-state index contributed by atoms with van der Waals surface area (Å²) in [6.45, 7) is 0. The van der Waals surface area contributed by atoms with Gasteiger partial charge in [0.25, 0.3) is 0 Å². The highest BCUT2D eigenvalue weighted by atomic mass is 16.3. The standard InChI is InChI=1S/C25H27NO/c1-26(2)24(20-12-5-3-6-13-20)23-18-17-19-11-9-10-16-22(19)25(23,27)21-14-7-4-8-15-21/h3-16,23-24,27H,17-18H2,1-2H3/t23-,24-,25-/m0/s1. The predicted octanol–water partition coefficient (Wildman–Crippen LogP) is 4.79. The lowest BCUT2D eigenvalue weighted by Crippen LogP contribution is -2.46. The van der Waals surface area contributed by atoms with Crippen LogP contribution in [0.1, 0.15) is 34.7 Å². The highest BCUT2D eigenvalue weighted by molar-refractivity contribution is 5.45. The number of hydrogen-bond donors (Lipinski definition) is 1. The summed E-state index contributed by atoms with van der Waals surface area (Å²) in [6.07, 6.45) is 1.94. The Morgan fingerprint density at radius 3 is 2.11 bits per heavy atom. The van der Waals surface area contributed by atoms with Crippen molar-refractivity contribution in [3.8, 4) is 0 Å². The van der Waals surface area contributed by atoms with Gasteiger partial charge in [-0.15, -0.1) is 0 Å². The van der Waals surface area contributed by atoms with Gasteiger partial charge in [0.05, 0.1) is 0 Å². The van der Waals surface area contributed by atoms with Crippen molar-refractivity contribution in [2.75, 3.05) is 14.1 Å². The zero-order chi connectivity index (χ0) is 18.9. The van der Waals surface area contributed by atoms with Crippen molar-refractivity contribution < 1.29 is 5.11 Å². The van der Waals surface area contributed by atoms with Crippen molar-refractivity contribution in [2.45, 2.75) is 24.5 Å². The van der Waals surface area contributed by atoms with E-state index in [1.54, 1.807) is 0 Å². The largest absolute Gasteiger partial charge is 0.380 e. The molecule has 3 atom stereocenters. The first-order valence-corrected chi connectivity index (χ1v) is 9.70. The maximum Gasteiger partial charge on any atom is 0.119 e. The van der Waals surface area contributed by atoms with Gasteiger partial charge in [-0.05, 0) is 49.2 Å². The number of hydrogen-bond acceptors (Lipinski definition) is 2. The Balaban J connectivity index is 1.91. The summed E-state index contributed by atoms with van der Waals surface area (Å²) in [5, 5.41) is 12.3. The van der Waals surface area contributed by atoms with Crippen molar-refractivity contribution in [1.82, 2.24) is 4.90 Å². The van der Waals surface area contributed by atoms with E-state index in [4.69, 9.17) is 0 Å². The summed E-state index contributed by atoms with van der Waals surface area (Å²) in [7, 11) is 4.23. The van der Waals surface area contributed by atoms with Gasteiger partial charge in [0.15, 0.2) is 0 Å². The van der Waals surface area contributed by atoms with Crippen molar-refractivity contribution in [3.63, 3.8) is 0 Å². The number of aryl methyl sites for hydroxylation is 1. The Morgan fingerprint density at radius 1 is 0.852 bits per heavy atom. The van der Waals surface area contributed by atoms with Gasteiger partial charge >= 0.3 is 0 Å². The number of fused-ring (bicyclic) bond motifs is 1. The molecule has 0 saturated heterocycles. The topological polar surface area (TPSA) is 23.5 Å². The third kappa shape index (κ3) is 3.09. The molecule has 0 heterocycles. The zero-order valence-electron chi connectivity index (χ0n) is 16.0. The molecule has 0 radical (unpaired) electrons. The Hall–Kier alpha value is -2.42. The van der Waals surface area contributed by atoms with E-state index in [1.165, 1.54) is 11.1 Å². The molecule has 0 amide bonds. The van der Waals surface area contributed by atoms with Gasteiger partial charge < -0.3 is 10.0 Å². The molecule has 4 rings (SSSR count). The second-order valence-electron chi connectivity index (χ2n) is 7.75. The van der Waals surface area contributed by atoms with Gasteiger partial charge in [-0.25, -0.2) is 0 Å². The molecule has 3 aromatic carbocycles. The third-order valence-electron chi connectivity index (χ3n) is 5.98. The molecule has 2 heteroatoms. The molecule has 0 unspecified atom stereocenters. The Labute approximate surface area is 162 Å². The van der Waals surface area contributed by atoms with Crippen LogP contribution in [0, 0.1) is 5.92 Å². The molecule has 0 aliphatic heterocycles. The number of nitrogens with zero attached hydrogens (tertiary/aromatic N) is 1. The molecule has 138 valence electrons. The molecule has 2 nitrogen and oxygen atoms in total. The Bertz CT molecular complexity index is 890. The Kier molecular flexibility index (Phi) is 4.86. The lowest BCUT2D eigenvalue weighted by Gasteiger charge is -2.47. The number of aliphatic hydroxyl groups is 1. The van der Waals surface area contributed by atoms with Crippen LogP contribution in [0.15, 0.2) is 84.9 Å². The summed E-state index contributed by atoms with van der Waals surface area (Å²) < 4.78 is 0. The molecule has 1 aliphatic carbocycles. The van der Waals surface area contributed by atoms with Crippen LogP contribution < -0.4 is 0 Å². The van der Waals surface area contributed by atoms with Gasteiger partial charge in [0, 0.05) is 12.0 Å². The molecular weight excluding hydrogens is 330 g/mol. The summed E-state index contributed by atoms with van der Waals surface area (Å²) in [5.41, 5.74) is 3.52. The maximum absolute atomic E-state index is 12.3. The van der Waals surface area contributed by atoms with Crippen molar-refractivity contribution in [3.05, 3.63) is 107 Å². The van der Waals surface area contributed by atoms with Gasteiger partial charge in [0.1, 0.15) is 5.60 Å². The summed E-state index contributed by atoms with van der Waals surface area (Å²) >= 11 is 0. The third-order valence-corrected chi connectivity index (χ3v) is 5.98. The van der Waals surface area contributed by atoms with Gasteiger partial charge in [-0.1, -0.05) is 84.9 Å². The Morgan fingerprint density at radius 2 is 1.44 bits per heavy atom. The van der Waals surface area contributed by atoms with Crippen LogP contribution >= 0.6 is 0 Å². The first-order valence-electron chi connectivity index (χ1n) is 9.70. The summed E-state index contributed by atoms with van der Waals surface area (Å²) in [4.78, 5) is 2.25. The highest BCUT2D eigenvalue weighted by Gasteiger charge is 2.48. The van der Waals surface area contributed by atoms with Crippen LogP contribution in [0.25, 0.3) is 0 Å². The number of rotatable bonds is 4. The molecule has 27 heavy (non-hydrogen) atoms. The lowest BCUT2D eigenvalue weighted by molar-refractivity contribution is -0.0334. The molecule has 0 fully saturated rings. The molecule has 0 bridgehead atoms. The quantitative estimate of drug-likeness (QED) is 0.726. The van der Waals surface area contributed by atoms with Gasteiger partial charge in [-0.2, -0.15) is 0 Å². The highest BCUT2D eigenvalue weighted by Crippen LogP contribution is 2.50. The molecule has 1 N–H and O–H groups in total. The lowest BCUT2D eigenvalue weighted by atomic mass is 9.64. The smallest absolute Gasteiger partial charge is 0.119 e. The summed E-state index contributed by atoms with van der Waals surface area (Å²) in [5.74, 6) is 0.0622. The van der Waals surface area contributed by atoms with E-state index in [2.05, 4.69) is 79.7 Å². The van der Waals surface area contributed by atoms with Crippen molar-refractivity contribution in [2.24, 2.45) is 5.92 Å². The van der Waals surface area contributed by atoms with E-state index in [1.807, 2.05) is 24.3 Å². The van der Waals surface area contributed by atoms with E-state index in [9.17, 15) is 5.11 Å². The SMILES string of the molecule is CN(C)[C@@H](c1ccccc1)[C@@H]1CCc2ccccc2[C@@]1(O)c1ccccc1. The molecular formula is C25H27NO. The normalized spacial score (nSPS) is 23.0. The van der Waals surface area contributed by atoms with Crippen LogP contribution in [0.2, 0.25) is 0 Å². The predicted molar refractivity (Wildman–Crippen MR) is 111 cm³/mol. The fourth-order valence-corrected chi connectivity index (χ4v) is 4.82. The minimum Gasteiger partial charge on any atom is -0.380 e. The molecule has 1 aliphatic rings. The van der Waals surface area contributed by atoms with Crippen molar-refractivity contribution in [1.29, 1.82) is 0 Å². The molecule has 0 spiro atoms. The van der Waals surface area contributed by atoms with Gasteiger partial charge in [-0.3, -0.25) is 0 Å². The second-order valence-corrected chi connectivity index (χ2v) is 7.75. The second kappa shape index (κ2) is 7.30. The molecule has 0 aromatic heterocycles. The van der Waals surface area contributed by atoms with Gasteiger partial charge in [0.2, 0.25) is 0 Å². The summed E-state index contributed by atoms with van der Waals surface area (Å²) in [6, 6.07) is 29.3. The van der Waals surface area contributed by atoms with E-state index >= 15 is 0 Å². The fraction of sp³-hybridized carbons (Fsp3) is 0.280. The van der Waals surface area contributed by atoms with Crippen molar-refractivity contribution >= 4 is 0 Å². The molecule has 0 saturated carbocycles. The monoisotopic (exact) mass is 357 g/mol. The first kappa shape index (κ1) is 18.0. The molecule has 3 aromatic rings.